The molecule has 0 saturated carbocycles. The summed E-state index contributed by atoms with van der Waals surface area (Å²) in [5.41, 5.74) is 1.54. The standard InChI is InChI=1S/C18H23N7/c1-13-6-7-14(11-19)17(21-13)25-10-4-5-15(12-25)22-18-20-9-8-16(23-18)24(2)3/h6-9,15H,4-5,10,12H2,1-3H3,(H,20,22,23). The van der Waals surface area contributed by atoms with E-state index in [0.717, 1.165) is 43.3 Å². The summed E-state index contributed by atoms with van der Waals surface area (Å²) < 4.78 is 0. The minimum absolute atomic E-state index is 0.222. The Morgan fingerprint density at radius 1 is 1.28 bits per heavy atom. The molecule has 1 N–H and O–H groups in total. The van der Waals surface area contributed by atoms with Crippen LogP contribution in [0.4, 0.5) is 17.6 Å². The molecule has 0 amide bonds. The van der Waals surface area contributed by atoms with E-state index in [4.69, 9.17) is 0 Å². The molecule has 2 aromatic rings. The molecule has 1 aliphatic heterocycles. The zero-order valence-corrected chi connectivity index (χ0v) is 14.9. The first-order valence-corrected chi connectivity index (χ1v) is 8.46. The SMILES string of the molecule is Cc1ccc(C#N)c(N2CCCC(Nc3nccc(N(C)C)n3)C2)n1. The predicted octanol–water partition coefficient (Wildman–Crippen LogP) is 2.20. The van der Waals surface area contributed by atoms with Crippen molar-refractivity contribution in [1.82, 2.24) is 15.0 Å². The first-order chi connectivity index (χ1) is 12.1. The summed E-state index contributed by atoms with van der Waals surface area (Å²) in [6.45, 7) is 3.63. The molecule has 7 heteroatoms. The number of rotatable bonds is 4. The normalized spacial score (nSPS) is 17.0. The van der Waals surface area contributed by atoms with Crippen LogP contribution in [0.2, 0.25) is 0 Å². The Labute approximate surface area is 148 Å². The van der Waals surface area contributed by atoms with Crippen LogP contribution in [0.1, 0.15) is 24.1 Å². The van der Waals surface area contributed by atoms with Crippen LogP contribution in [-0.2, 0) is 0 Å². The highest BCUT2D eigenvalue weighted by molar-refractivity contribution is 5.55. The average molecular weight is 337 g/mol. The van der Waals surface area contributed by atoms with Gasteiger partial charge in [-0.3, -0.25) is 0 Å². The van der Waals surface area contributed by atoms with Crippen molar-refractivity contribution in [2.24, 2.45) is 0 Å². The zero-order chi connectivity index (χ0) is 17.8. The maximum Gasteiger partial charge on any atom is 0.224 e. The van der Waals surface area contributed by atoms with E-state index >= 15 is 0 Å². The van der Waals surface area contributed by atoms with Gasteiger partial charge in [0.1, 0.15) is 17.7 Å². The van der Waals surface area contributed by atoms with Crippen molar-refractivity contribution in [3.05, 3.63) is 35.7 Å². The molecule has 1 saturated heterocycles. The van der Waals surface area contributed by atoms with Crippen molar-refractivity contribution in [2.45, 2.75) is 25.8 Å². The minimum atomic E-state index is 0.222. The molecule has 130 valence electrons. The lowest BCUT2D eigenvalue weighted by atomic mass is 10.1. The van der Waals surface area contributed by atoms with Gasteiger partial charge < -0.3 is 15.1 Å². The minimum Gasteiger partial charge on any atom is -0.363 e. The molecule has 1 fully saturated rings. The maximum absolute atomic E-state index is 9.37. The first-order valence-electron chi connectivity index (χ1n) is 8.46. The van der Waals surface area contributed by atoms with Crippen LogP contribution < -0.4 is 15.1 Å². The van der Waals surface area contributed by atoms with Gasteiger partial charge in [0.25, 0.3) is 0 Å². The molecule has 2 aromatic heterocycles. The average Bonchev–Trinajstić information content (AvgIpc) is 2.62. The van der Waals surface area contributed by atoms with E-state index < -0.39 is 0 Å². The second-order valence-corrected chi connectivity index (χ2v) is 6.50. The molecule has 0 aliphatic carbocycles. The topological polar surface area (TPSA) is 81.0 Å². The molecule has 0 spiro atoms. The second-order valence-electron chi connectivity index (χ2n) is 6.50. The third-order valence-corrected chi connectivity index (χ3v) is 4.29. The van der Waals surface area contributed by atoms with Crippen LogP contribution in [0.3, 0.4) is 0 Å². The first kappa shape index (κ1) is 17.0. The van der Waals surface area contributed by atoms with Gasteiger partial charge in [0.2, 0.25) is 5.95 Å². The Morgan fingerprint density at radius 3 is 2.88 bits per heavy atom. The van der Waals surface area contributed by atoms with E-state index in [1.807, 2.05) is 44.1 Å². The summed E-state index contributed by atoms with van der Waals surface area (Å²) >= 11 is 0. The van der Waals surface area contributed by atoms with Crippen LogP contribution in [-0.4, -0.2) is 48.2 Å². The van der Waals surface area contributed by atoms with E-state index in [-0.39, 0.29) is 6.04 Å². The highest BCUT2D eigenvalue weighted by Crippen LogP contribution is 2.23. The largest absolute Gasteiger partial charge is 0.363 e. The van der Waals surface area contributed by atoms with E-state index in [0.29, 0.717) is 11.5 Å². The van der Waals surface area contributed by atoms with E-state index in [9.17, 15) is 5.26 Å². The summed E-state index contributed by atoms with van der Waals surface area (Å²) in [6.07, 6.45) is 3.84. The number of nitrogens with zero attached hydrogens (tertiary/aromatic N) is 6. The molecule has 3 rings (SSSR count). The molecular weight excluding hydrogens is 314 g/mol. The number of nitrogens with one attached hydrogen (secondary N) is 1. The maximum atomic E-state index is 9.37. The highest BCUT2D eigenvalue weighted by atomic mass is 15.2. The molecule has 0 aromatic carbocycles. The van der Waals surface area contributed by atoms with Crippen molar-refractivity contribution in [2.75, 3.05) is 42.3 Å². The molecule has 0 radical (unpaired) electrons. The second kappa shape index (κ2) is 7.34. The third-order valence-electron chi connectivity index (χ3n) is 4.29. The number of anilines is 3. The Morgan fingerprint density at radius 2 is 2.12 bits per heavy atom. The number of piperidine rings is 1. The number of aromatic nitrogens is 3. The lowest BCUT2D eigenvalue weighted by molar-refractivity contribution is 0.523. The van der Waals surface area contributed by atoms with Crippen molar-refractivity contribution >= 4 is 17.6 Å². The molecule has 1 unspecified atom stereocenters. The van der Waals surface area contributed by atoms with Gasteiger partial charge in [0.05, 0.1) is 5.56 Å². The Hall–Kier alpha value is -2.88. The zero-order valence-electron chi connectivity index (χ0n) is 14.9. The molecule has 1 aliphatic rings. The third kappa shape index (κ3) is 3.97. The Bertz CT molecular complexity index is 781. The van der Waals surface area contributed by atoms with Gasteiger partial charge in [-0.2, -0.15) is 10.2 Å². The van der Waals surface area contributed by atoms with Crippen LogP contribution in [0.15, 0.2) is 24.4 Å². The number of nitriles is 1. The number of aryl methyl sites for hydroxylation is 1. The van der Waals surface area contributed by atoms with E-state index in [2.05, 4.69) is 31.2 Å². The molecule has 25 heavy (non-hydrogen) atoms. The lowest BCUT2D eigenvalue weighted by Crippen LogP contribution is -2.43. The number of hydrogen-bond acceptors (Lipinski definition) is 7. The van der Waals surface area contributed by atoms with Crippen LogP contribution in [0.25, 0.3) is 0 Å². The summed E-state index contributed by atoms with van der Waals surface area (Å²) in [6, 6.07) is 8.08. The van der Waals surface area contributed by atoms with E-state index in [1.165, 1.54) is 0 Å². The quantitative estimate of drug-likeness (QED) is 0.916. The van der Waals surface area contributed by atoms with Gasteiger partial charge in [-0.05, 0) is 38.0 Å². The lowest BCUT2D eigenvalue weighted by Gasteiger charge is -2.34. The molecule has 1 atom stereocenters. The van der Waals surface area contributed by atoms with Gasteiger partial charge in [0, 0.05) is 45.1 Å². The van der Waals surface area contributed by atoms with Crippen molar-refractivity contribution in [3.63, 3.8) is 0 Å². The molecule has 3 heterocycles. The molecular formula is C18H23N7. The van der Waals surface area contributed by atoms with Crippen molar-refractivity contribution < 1.29 is 0 Å². The van der Waals surface area contributed by atoms with Crippen LogP contribution in [0.5, 0.6) is 0 Å². The fourth-order valence-electron chi connectivity index (χ4n) is 3.01. The monoisotopic (exact) mass is 337 g/mol. The summed E-state index contributed by atoms with van der Waals surface area (Å²) in [7, 11) is 3.92. The highest BCUT2D eigenvalue weighted by Gasteiger charge is 2.23. The fraction of sp³-hybridized carbons (Fsp3) is 0.444. The van der Waals surface area contributed by atoms with Crippen LogP contribution in [0, 0.1) is 18.3 Å². The summed E-state index contributed by atoms with van der Waals surface area (Å²) in [4.78, 5) is 17.6. The molecule has 0 bridgehead atoms. The van der Waals surface area contributed by atoms with Crippen molar-refractivity contribution in [3.8, 4) is 6.07 Å². The van der Waals surface area contributed by atoms with Gasteiger partial charge in [-0.25, -0.2) is 9.97 Å². The van der Waals surface area contributed by atoms with Gasteiger partial charge in [0.15, 0.2) is 0 Å². The van der Waals surface area contributed by atoms with Gasteiger partial charge >= 0.3 is 0 Å². The smallest absolute Gasteiger partial charge is 0.224 e. The van der Waals surface area contributed by atoms with E-state index in [1.54, 1.807) is 6.20 Å². The number of pyridine rings is 1. The Balaban J connectivity index is 1.75. The van der Waals surface area contributed by atoms with Gasteiger partial charge in [-0.1, -0.05) is 0 Å². The number of hydrogen-bond donors (Lipinski definition) is 1. The summed E-state index contributed by atoms with van der Waals surface area (Å²) in [5.74, 6) is 2.28. The van der Waals surface area contributed by atoms with Gasteiger partial charge in [-0.15, -0.1) is 0 Å². The summed E-state index contributed by atoms with van der Waals surface area (Å²) in [5, 5.41) is 12.8. The molecule has 7 nitrogen and oxygen atoms in total. The predicted molar refractivity (Wildman–Crippen MR) is 98.9 cm³/mol. The Kier molecular flexibility index (Phi) is 4.98. The fourth-order valence-corrected chi connectivity index (χ4v) is 3.01. The van der Waals surface area contributed by atoms with Crippen LogP contribution >= 0.6 is 0 Å². The van der Waals surface area contributed by atoms with Crippen molar-refractivity contribution in [1.29, 1.82) is 5.26 Å².